The second-order valence-electron chi connectivity index (χ2n) is 2.44. The standard InChI is InChI=1S/C7H10N2O4/c1-4(3-5(2)10)6(7(8)11)9(12)13/h3,10H,1-2H3,(H2,8,11)/b5-3+,6-4-. The molecule has 0 heterocycles. The van der Waals surface area contributed by atoms with E-state index in [-0.39, 0.29) is 11.3 Å². The summed E-state index contributed by atoms with van der Waals surface area (Å²) in [7, 11) is 0. The van der Waals surface area contributed by atoms with Crippen LogP contribution in [0.3, 0.4) is 0 Å². The number of aliphatic hydroxyl groups excluding tert-OH is 1. The molecule has 3 N–H and O–H groups in total. The van der Waals surface area contributed by atoms with Gasteiger partial charge >= 0.3 is 11.6 Å². The summed E-state index contributed by atoms with van der Waals surface area (Å²) >= 11 is 0. The minimum atomic E-state index is -1.13. The summed E-state index contributed by atoms with van der Waals surface area (Å²) in [5.74, 6) is -1.25. The minimum Gasteiger partial charge on any atom is -0.513 e. The maximum Gasteiger partial charge on any atom is 0.336 e. The molecule has 0 aromatic heterocycles. The van der Waals surface area contributed by atoms with Crippen molar-refractivity contribution in [1.82, 2.24) is 0 Å². The van der Waals surface area contributed by atoms with Crippen LogP contribution in [0.15, 0.2) is 23.1 Å². The van der Waals surface area contributed by atoms with E-state index in [1.807, 2.05) is 0 Å². The first kappa shape index (κ1) is 11.2. The Hall–Kier alpha value is -1.85. The van der Waals surface area contributed by atoms with E-state index in [1.54, 1.807) is 0 Å². The van der Waals surface area contributed by atoms with Gasteiger partial charge in [-0.25, -0.2) is 0 Å². The van der Waals surface area contributed by atoms with Crippen LogP contribution in [0.2, 0.25) is 0 Å². The van der Waals surface area contributed by atoms with Gasteiger partial charge in [0.2, 0.25) is 0 Å². The molecular formula is C7H10N2O4. The van der Waals surface area contributed by atoms with E-state index >= 15 is 0 Å². The van der Waals surface area contributed by atoms with Crippen molar-refractivity contribution in [2.24, 2.45) is 5.73 Å². The Kier molecular flexibility index (Phi) is 3.64. The first-order valence-corrected chi connectivity index (χ1v) is 3.38. The molecule has 0 saturated heterocycles. The molecule has 13 heavy (non-hydrogen) atoms. The van der Waals surface area contributed by atoms with Crippen molar-refractivity contribution in [2.75, 3.05) is 0 Å². The highest BCUT2D eigenvalue weighted by Crippen LogP contribution is 2.07. The molecule has 0 radical (unpaired) electrons. The number of aliphatic hydroxyl groups is 1. The molecular weight excluding hydrogens is 176 g/mol. The average Bonchev–Trinajstić information content (AvgIpc) is 1.81. The van der Waals surface area contributed by atoms with E-state index < -0.39 is 16.5 Å². The lowest BCUT2D eigenvalue weighted by molar-refractivity contribution is -0.419. The number of carbonyl (C=O) groups is 1. The molecule has 0 atom stereocenters. The fourth-order valence-corrected chi connectivity index (χ4v) is 0.810. The summed E-state index contributed by atoms with van der Waals surface area (Å²) in [5.41, 5.74) is 4.08. The van der Waals surface area contributed by atoms with Crippen molar-refractivity contribution in [3.63, 3.8) is 0 Å². The lowest BCUT2D eigenvalue weighted by atomic mass is 10.2. The second kappa shape index (κ2) is 4.24. The number of allylic oxidation sites excluding steroid dienone is 3. The highest BCUT2D eigenvalue weighted by Gasteiger charge is 2.20. The fourth-order valence-electron chi connectivity index (χ4n) is 0.810. The zero-order valence-electron chi connectivity index (χ0n) is 7.27. The zero-order chi connectivity index (χ0) is 10.6. The van der Waals surface area contributed by atoms with Gasteiger partial charge < -0.3 is 10.8 Å². The summed E-state index contributed by atoms with van der Waals surface area (Å²) in [6.45, 7) is 2.66. The summed E-state index contributed by atoms with van der Waals surface area (Å²) < 4.78 is 0. The first-order chi connectivity index (χ1) is 5.86. The lowest BCUT2D eigenvalue weighted by Gasteiger charge is -1.96. The van der Waals surface area contributed by atoms with E-state index in [0.717, 1.165) is 6.08 Å². The van der Waals surface area contributed by atoms with E-state index in [2.05, 4.69) is 0 Å². The van der Waals surface area contributed by atoms with E-state index in [9.17, 15) is 14.9 Å². The van der Waals surface area contributed by atoms with E-state index in [0.29, 0.717) is 0 Å². The molecule has 0 spiro atoms. The Morgan fingerprint density at radius 1 is 1.54 bits per heavy atom. The topological polar surface area (TPSA) is 106 Å². The van der Waals surface area contributed by atoms with Crippen molar-refractivity contribution in [3.05, 3.63) is 33.2 Å². The van der Waals surface area contributed by atoms with Crippen LogP contribution < -0.4 is 5.73 Å². The molecule has 72 valence electrons. The summed E-state index contributed by atoms with van der Waals surface area (Å²) in [6, 6.07) is 0. The highest BCUT2D eigenvalue weighted by atomic mass is 16.6. The number of nitrogens with zero attached hydrogens (tertiary/aromatic N) is 1. The predicted octanol–water partition coefficient (Wildman–Crippen LogP) is 0.484. The lowest BCUT2D eigenvalue weighted by Crippen LogP contribution is -2.21. The molecule has 0 rings (SSSR count). The van der Waals surface area contributed by atoms with Gasteiger partial charge in [-0.05, 0) is 19.9 Å². The summed E-state index contributed by atoms with van der Waals surface area (Å²) in [4.78, 5) is 20.0. The van der Waals surface area contributed by atoms with Gasteiger partial charge in [0.15, 0.2) is 0 Å². The third-order valence-corrected chi connectivity index (χ3v) is 1.21. The Labute approximate surface area is 74.5 Å². The predicted molar refractivity (Wildman–Crippen MR) is 45.3 cm³/mol. The number of carbonyl (C=O) groups excluding carboxylic acids is 1. The molecule has 0 aliphatic carbocycles. The molecule has 0 aliphatic heterocycles. The van der Waals surface area contributed by atoms with Crippen LogP contribution in [0.4, 0.5) is 0 Å². The molecule has 6 heteroatoms. The molecule has 0 aromatic rings. The van der Waals surface area contributed by atoms with Gasteiger partial charge in [0.1, 0.15) is 0 Å². The van der Waals surface area contributed by atoms with E-state index in [4.69, 9.17) is 10.8 Å². The molecule has 0 bridgehead atoms. The number of hydrogen-bond donors (Lipinski definition) is 2. The summed E-state index contributed by atoms with van der Waals surface area (Å²) in [5, 5.41) is 19.1. The van der Waals surface area contributed by atoms with Crippen LogP contribution in [0.25, 0.3) is 0 Å². The zero-order valence-corrected chi connectivity index (χ0v) is 7.27. The molecule has 1 amide bonds. The number of hydrogen-bond acceptors (Lipinski definition) is 4. The van der Waals surface area contributed by atoms with Gasteiger partial charge in [-0.2, -0.15) is 0 Å². The van der Waals surface area contributed by atoms with Crippen molar-refractivity contribution in [2.45, 2.75) is 13.8 Å². The van der Waals surface area contributed by atoms with Crippen molar-refractivity contribution >= 4 is 5.91 Å². The third kappa shape index (κ3) is 3.37. The van der Waals surface area contributed by atoms with E-state index in [1.165, 1.54) is 13.8 Å². The SMILES string of the molecule is CC(/C=C(\C)O)=C(\C(N)=O)[N+](=O)[O-]. The van der Waals surface area contributed by atoms with Crippen molar-refractivity contribution in [1.29, 1.82) is 0 Å². The number of rotatable bonds is 3. The second-order valence-corrected chi connectivity index (χ2v) is 2.44. The average molecular weight is 186 g/mol. The number of primary amides is 1. The molecule has 0 fully saturated rings. The normalized spacial score (nSPS) is 13.5. The quantitative estimate of drug-likeness (QED) is 0.220. The van der Waals surface area contributed by atoms with Gasteiger partial charge in [-0.3, -0.25) is 14.9 Å². The van der Waals surface area contributed by atoms with Crippen LogP contribution in [0.1, 0.15) is 13.8 Å². The Balaban J connectivity index is 5.23. The van der Waals surface area contributed by atoms with Crippen molar-refractivity contribution < 1.29 is 14.8 Å². The molecule has 0 aliphatic rings. The molecule has 6 nitrogen and oxygen atoms in total. The number of nitrogens with two attached hydrogens (primary N) is 1. The van der Waals surface area contributed by atoms with Crippen LogP contribution in [-0.4, -0.2) is 15.9 Å². The molecule has 0 saturated carbocycles. The third-order valence-electron chi connectivity index (χ3n) is 1.21. The largest absolute Gasteiger partial charge is 0.513 e. The maximum absolute atomic E-state index is 10.6. The van der Waals surface area contributed by atoms with Crippen LogP contribution in [-0.2, 0) is 4.79 Å². The molecule has 0 aromatic carbocycles. The monoisotopic (exact) mass is 186 g/mol. The Morgan fingerprint density at radius 3 is 2.23 bits per heavy atom. The molecule has 0 unspecified atom stereocenters. The first-order valence-electron chi connectivity index (χ1n) is 3.38. The van der Waals surface area contributed by atoms with Crippen LogP contribution >= 0.6 is 0 Å². The minimum absolute atomic E-state index is 0.0255. The maximum atomic E-state index is 10.6. The van der Waals surface area contributed by atoms with Gasteiger partial charge in [0.25, 0.3) is 0 Å². The van der Waals surface area contributed by atoms with Gasteiger partial charge in [-0.1, -0.05) is 0 Å². The van der Waals surface area contributed by atoms with Gasteiger partial charge in [0, 0.05) is 5.57 Å². The number of nitro groups is 1. The van der Waals surface area contributed by atoms with Crippen LogP contribution in [0.5, 0.6) is 0 Å². The Morgan fingerprint density at radius 2 is 2.00 bits per heavy atom. The Bertz CT molecular complexity index is 284. The highest BCUT2D eigenvalue weighted by molar-refractivity contribution is 5.90. The number of amides is 1. The van der Waals surface area contributed by atoms with Crippen LogP contribution in [0, 0.1) is 10.1 Å². The fraction of sp³-hybridized carbons (Fsp3) is 0.286. The van der Waals surface area contributed by atoms with Crippen molar-refractivity contribution in [3.8, 4) is 0 Å². The van der Waals surface area contributed by atoms with Gasteiger partial charge in [-0.15, -0.1) is 0 Å². The smallest absolute Gasteiger partial charge is 0.336 e. The van der Waals surface area contributed by atoms with Gasteiger partial charge in [0.05, 0.1) is 10.7 Å². The summed E-state index contributed by atoms with van der Waals surface area (Å²) in [6.07, 6.45) is 1.10.